The molecule has 0 aromatic heterocycles. The molecule has 0 unspecified atom stereocenters. The van der Waals surface area contributed by atoms with Crippen LogP contribution in [0.25, 0.3) is 0 Å². The van der Waals surface area contributed by atoms with Crippen LogP contribution < -0.4 is 0 Å². The molecule has 1 fully saturated rings. The number of rotatable bonds is 6. The number of likely N-dealkylation sites (tertiary alicyclic amines) is 1. The summed E-state index contributed by atoms with van der Waals surface area (Å²) >= 11 is 0. The molecule has 0 bridgehead atoms. The van der Waals surface area contributed by atoms with Crippen molar-refractivity contribution < 1.29 is 27.8 Å². The summed E-state index contributed by atoms with van der Waals surface area (Å²) in [6, 6.07) is 0. The van der Waals surface area contributed by atoms with E-state index in [-0.39, 0.29) is 18.9 Å². The maximum Gasteiger partial charge on any atom is 0.411 e. The molecule has 0 amide bonds. The molecule has 4 nitrogen and oxygen atoms in total. The molecular formula is C11H18F3NO3. The van der Waals surface area contributed by atoms with Gasteiger partial charge in [0.1, 0.15) is 6.61 Å². The van der Waals surface area contributed by atoms with Gasteiger partial charge >= 0.3 is 12.1 Å². The van der Waals surface area contributed by atoms with E-state index >= 15 is 0 Å². The molecular weight excluding hydrogens is 251 g/mol. The first-order chi connectivity index (χ1) is 8.37. The zero-order valence-electron chi connectivity index (χ0n) is 10.1. The summed E-state index contributed by atoms with van der Waals surface area (Å²) in [5.74, 6) is -0.600. The molecule has 0 aromatic carbocycles. The van der Waals surface area contributed by atoms with Crippen molar-refractivity contribution in [3.8, 4) is 0 Å². The predicted molar refractivity (Wildman–Crippen MR) is 58.3 cm³/mol. The number of alkyl halides is 3. The zero-order valence-corrected chi connectivity index (χ0v) is 10.1. The van der Waals surface area contributed by atoms with Gasteiger partial charge in [-0.3, -0.25) is 4.79 Å². The number of halogens is 3. The minimum absolute atomic E-state index is 0.0586. The molecule has 0 saturated carbocycles. The lowest BCUT2D eigenvalue weighted by Gasteiger charge is -2.31. The van der Waals surface area contributed by atoms with Crippen LogP contribution in [0.1, 0.15) is 19.3 Å². The number of piperidine rings is 1. The zero-order chi connectivity index (χ0) is 13.6. The van der Waals surface area contributed by atoms with E-state index < -0.39 is 18.8 Å². The van der Waals surface area contributed by atoms with Crippen LogP contribution in [0.5, 0.6) is 0 Å². The molecule has 0 radical (unpaired) electrons. The Labute approximate surface area is 104 Å². The van der Waals surface area contributed by atoms with Gasteiger partial charge in [0, 0.05) is 13.0 Å². The van der Waals surface area contributed by atoms with Crippen LogP contribution in [0, 0.1) is 5.92 Å². The van der Waals surface area contributed by atoms with Crippen LogP contribution in [0.4, 0.5) is 13.2 Å². The Morgan fingerprint density at radius 3 is 2.44 bits per heavy atom. The van der Waals surface area contributed by atoms with Crippen molar-refractivity contribution in [2.24, 2.45) is 5.92 Å². The van der Waals surface area contributed by atoms with Gasteiger partial charge in [-0.05, 0) is 31.8 Å². The fourth-order valence-electron chi connectivity index (χ4n) is 2.04. The number of nitrogens with zero attached hydrogens (tertiary/aromatic N) is 1. The summed E-state index contributed by atoms with van der Waals surface area (Å²) in [5.41, 5.74) is 0. The fraction of sp³-hybridized carbons (Fsp3) is 0.909. The average Bonchev–Trinajstić information content (AvgIpc) is 2.24. The van der Waals surface area contributed by atoms with Gasteiger partial charge in [-0.15, -0.1) is 0 Å². The number of aliphatic carboxylic acids is 1. The van der Waals surface area contributed by atoms with Crippen LogP contribution in [0.3, 0.4) is 0 Å². The second kappa shape index (κ2) is 6.94. The third-order valence-corrected chi connectivity index (χ3v) is 2.99. The van der Waals surface area contributed by atoms with Crippen LogP contribution in [0.15, 0.2) is 0 Å². The van der Waals surface area contributed by atoms with E-state index in [0.29, 0.717) is 6.54 Å². The normalized spacial score (nSPS) is 19.1. The van der Waals surface area contributed by atoms with Crippen molar-refractivity contribution in [2.75, 3.05) is 32.8 Å². The first-order valence-corrected chi connectivity index (χ1v) is 5.95. The van der Waals surface area contributed by atoms with Gasteiger partial charge in [0.05, 0.1) is 6.61 Å². The highest BCUT2D eigenvalue weighted by atomic mass is 19.4. The van der Waals surface area contributed by atoms with Crippen molar-refractivity contribution in [1.82, 2.24) is 4.90 Å². The van der Waals surface area contributed by atoms with E-state index in [1.165, 1.54) is 0 Å². The molecule has 1 saturated heterocycles. The van der Waals surface area contributed by atoms with Crippen molar-refractivity contribution in [3.05, 3.63) is 0 Å². The Kier molecular flexibility index (Phi) is 5.87. The number of hydrogen-bond acceptors (Lipinski definition) is 3. The number of ether oxygens (including phenoxy) is 1. The van der Waals surface area contributed by atoms with Crippen molar-refractivity contribution >= 4 is 5.97 Å². The van der Waals surface area contributed by atoms with Crippen molar-refractivity contribution in [3.63, 3.8) is 0 Å². The highest BCUT2D eigenvalue weighted by molar-refractivity contribution is 5.67. The Balaban J connectivity index is 2.07. The Hall–Kier alpha value is -0.820. The van der Waals surface area contributed by atoms with Gasteiger partial charge in [0.15, 0.2) is 0 Å². The number of carboxylic acids is 1. The molecule has 106 valence electrons. The Morgan fingerprint density at radius 1 is 1.33 bits per heavy atom. The molecule has 1 rings (SSSR count). The second-order valence-corrected chi connectivity index (χ2v) is 4.55. The molecule has 1 heterocycles. The molecule has 18 heavy (non-hydrogen) atoms. The van der Waals surface area contributed by atoms with E-state index in [1.54, 1.807) is 0 Å². The van der Waals surface area contributed by atoms with Gasteiger partial charge in [-0.1, -0.05) is 0 Å². The van der Waals surface area contributed by atoms with Gasteiger partial charge < -0.3 is 14.7 Å². The average molecular weight is 269 g/mol. The summed E-state index contributed by atoms with van der Waals surface area (Å²) in [4.78, 5) is 12.5. The summed E-state index contributed by atoms with van der Waals surface area (Å²) in [6.07, 6.45) is -2.52. The second-order valence-electron chi connectivity index (χ2n) is 4.55. The highest BCUT2D eigenvalue weighted by Gasteiger charge is 2.27. The molecule has 7 heteroatoms. The third-order valence-electron chi connectivity index (χ3n) is 2.99. The first kappa shape index (κ1) is 15.2. The largest absolute Gasteiger partial charge is 0.481 e. The van der Waals surface area contributed by atoms with E-state index in [9.17, 15) is 18.0 Å². The van der Waals surface area contributed by atoms with Crippen molar-refractivity contribution in [1.29, 1.82) is 0 Å². The maximum absolute atomic E-state index is 11.8. The van der Waals surface area contributed by atoms with E-state index in [1.807, 2.05) is 4.90 Å². The summed E-state index contributed by atoms with van der Waals surface area (Å²) < 4.78 is 39.9. The minimum atomic E-state index is -4.27. The quantitative estimate of drug-likeness (QED) is 0.746. The molecule has 1 aliphatic rings. The molecule has 0 atom stereocenters. The number of hydrogen-bond donors (Lipinski definition) is 1. The highest BCUT2D eigenvalue weighted by Crippen LogP contribution is 2.20. The third kappa shape index (κ3) is 6.80. The molecule has 1 N–H and O–H groups in total. The summed E-state index contributed by atoms with van der Waals surface area (Å²) in [7, 11) is 0. The molecule has 0 spiro atoms. The topological polar surface area (TPSA) is 49.8 Å². The Bertz CT molecular complexity index is 263. The van der Waals surface area contributed by atoms with Crippen LogP contribution in [0.2, 0.25) is 0 Å². The molecule has 1 aliphatic heterocycles. The number of carboxylic acid groups (broad SMARTS) is 1. The fourth-order valence-corrected chi connectivity index (χ4v) is 2.04. The SMILES string of the molecule is O=C(O)CC1CCN(CCOCC(F)(F)F)CC1. The molecule has 0 aliphatic carbocycles. The lowest BCUT2D eigenvalue weighted by Crippen LogP contribution is -2.37. The van der Waals surface area contributed by atoms with Gasteiger partial charge in [0.25, 0.3) is 0 Å². The summed E-state index contributed by atoms with van der Waals surface area (Å²) in [6.45, 7) is 0.780. The summed E-state index contributed by atoms with van der Waals surface area (Å²) in [5, 5.41) is 8.64. The predicted octanol–water partition coefficient (Wildman–Crippen LogP) is 1.75. The van der Waals surface area contributed by atoms with Gasteiger partial charge in [0.2, 0.25) is 0 Å². The molecule has 0 aromatic rings. The standard InChI is InChI=1S/C11H18F3NO3/c12-11(13,14)8-18-6-5-15-3-1-9(2-4-15)7-10(16)17/h9H,1-8H2,(H,16,17). The van der Waals surface area contributed by atoms with E-state index in [0.717, 1.165) is 25.9 Å². The van der Waals surface area contributed by atoms with Gasteiger partial charge in [-0.2, -0.15) is 13.2 Å². The Morgan fingerprint density at radius 2 is 1.94 bits per heavy atom. The minimum Gasteiger partial charge on any atom is -0.481 e. The number of carbonyl (C=O) groups is 1. The van der Waals surface area contributed by atoms with Crippen LogP contribution in [-0.4, -0.2) is 55.0 Å². The van der Waals surface area contributed by atoms with Crippen molar-refractivity contribution in [2.45, 2.75) is 25.4 Å². The van der Waals surface area contributed by atoms with Gasteiger partial charge in [-0.25, -0.2) is 0 Å². The van der Waals surface area contributed by atoms with Crippen LogP contribution in [-0.2, 0) is 9.53 Å². The first-order valence-electron chi connectivity index (χ1n) is 5.95. The lowest BCUT2D eigenvalue weighted by atomic mass is 9.94. The van der Waals surface area contributed by atoms with Crippen LogP contribution >= 0.6 is 0 Å². The monoisotopic (exact) mass is 269 g/mol. The van der Waals surface area contributed by atoms with E-state index in [2.05, 4.69) is 4.74 Å². The maximum atomic E-state index is 11.8. The lowest BCUT2D eigenvalue weighted by molar-refractivity contribution is -0.174. The van der Waals surface area contributed by atoms with E-state index in [4.69, 9.17) is 5.11 Å². The smallest absolute Gasteiger partial charge is 0.411 e.